The average Bonchev–Trinajstić information content (AvgIpc) is 2.27. The minimum absolute atomic E-state index is 0.135. The molecule has 1 rings (SSSR count). The van der Waals surface area contributed by atoms with Crippen molar-refractivity contribution in [2.45, 2.75) is 13.0 Å². The SMILES string of the molecule is CC(Nc1nccc(C#N)c1[N+](=O)[O-])C(N)=O. The highest BCUT2D eigenvalue weighted by atomic mass is 16.6. The lowest BCUT2D eigenvalue weighted by Gasteiger charge is -2.10. The maximum absolute atomic E-state index is 10.8. The van der Waals surface area contributed by atoms with Crippen molar-refractivity contribution in [3.05, 3.63) is 27.9 Å². The van der Waals surface area contributed by atoms with Crippen LogP contribution in [0, 0.1) is 21.4 Å². The maximum Gasteiger partial charge on any atom is 0.328 e. The Labute approximate surface area is 96.2 Å². The summed E-state index contributed by atoms with van der Waals surface area (Å²) in [6.07, 6.45) is 1.24. The summed E-state index contributed by atoms with van der Waals surface area (Å²) in [5.41, 5.74) is 4.41. The molecule has 0 saturated heterocycles. The summed E-state index contributed by atoms with van der Waals surface area (Å²) in [4.78, 5) is 24.6. The van der Waals surface area contributed by atoms with Gasteiger partial charge in [-0.15, -0.1) is 0 Å². The molecule has 0 spiro atoms. The third-order valence-corrected chi connectivity index (χ3v) is 2.01. The van der Waals surface area contributed by atoms with Crippen LogP contribution in [0.3, 0.4) is 0 Å². The number of nitrogens with zero attached hydrogens (tertiary/aromatic N) is 3. The molecule has 0 fully saturated rings. The van der Waals surface area contributed by atoms with Gasteiger partial charge in [-0.25, -0.2) is 4.98 Å². The minimum Gasteiger partial charge on any atom is -0.368 e. The third-order valence-electron chi connectivity index (χ3n) is 2.01. The first-order valence-corrected chi connectivity index (χ1v) is 4.56. The Morgan fingerprint density at radius 3 is 2.88 bits per heavy atom. The van der Waals surface area contributed by atoms with Gasteiger partial charge in [-0.1, -0.05) is 0 Å². The van der Waals surface area contributed by atoms with Crippen molar-refractivity contribution in [3.8, 4) is 6.07 Å². The fourth-order valence-electron chi connectivity index (χ4n) is 1.11. The molecule has 1 heterocycles. The van der Waals surface area contributed by atoms with E-state index in [1.807, 2.05) is 0 Å². The third kappa shape index (κ3) is 2.66. The van der Waals surface area contributed by atoms with Crippen molar-refractivity contribution in [3.63, 3.8) is 0 Å². The number of nitriles is 1. The summed E-state index contributed by atoms with van der Waals surface area (Å²) in [6, 6.07) is 2.08. The van der Waals surface area contributed by atoms with E-state index in [9.17, 15) is 14.9 Å². The van der Waals surface area contributed by atoms with E-state index in [1.165, 1.54) is 19.2 Å². The van der Waals surface area contributed by atoms with E-state index >= 15 is 0 Å². The summed E-state index contributed by atoms with van der Waals surface area (Å²) in [7, 11) is 0. The number of primary amides is 1. The smallest absolute Gasteiger partial charge is 0.328 e. The molecule has 1 atom stereocenters. The fourth-order valence-corrected chi connectivity index (χ4v) is 1.11. The van der Waals surface area contributed by atoms with E-state index in [0.717, 1.165) is 0 Å². The zero-order chi connectivity index (χ0) is 13.0. The van der Waals surface area contributed by atoms with Crippen LogP contribution in [0.25, 0.3) is 0 Å². The molecule has 0 aliphatic rings. The van der Waals surface area contributed by atoms with Gasteiger partial charge in [-0.3, -0.25) is 14.9 Å². The zero-order valence-electron chi connectivity index (χ0n) is 8.88. The van der Waals surface area contributed by atoms with Crippen LogP contribution >= 0.6 is 0 Å². The number of amides is 1. The number of anilines is 1. The summed E-state index contributed by atoms with van der Waals surface area (Å²) in [5, 5.41) is 22.0. The van der Waals surface area contributed by atoms with Crippen LogP contribution in [0.1, 0.15) is 12.5 Å². The first kappa shape index (κ1) is 12.4. The predicted octanol–water partition coefficient (Wildman–Crippen LogP) is 0.147. The number of aromatic nitrogens is 1. The largest absolute Gasteiger partial charge is 0.368 e. The maximum atomic E-state index is 10.8. The van der Waals surface area contributed by atoms with E-state index in [1.54, 1.807) is 6.07 Å². The first-order chi connectivity index (χ1) is 7.97. The highest BCUT2D eigenvalue weighted by molar-refractivity contribution is 5.83. The number of pyridine rings is 1. The number of nitrogens with one attached hydrogen (secondary N) is 1. The van der Waals surface area contributed by atoms with E-state index in [2.05, 4.69) is 10.3 Å². The van der Waals surface area contributed by atoms with Gasteiger partial charge < -0.3 is 11.1 Å². The topological polar surface area (TPSA) is 135 Å². The Hall–Kier alpha value is -2.69. The number of hydrogen-bond donors (Lipinski definition) is 2. The Morgan fingerprint density at radius 1 is 1.76 bits per heavy atom. The van der Waals surface area contributed by atoms with E-state index < -0.39 is 22.6 Å². The Morgan fingerprint density at radius 2 is 2.41 bits per heavy atom. The molecule has 0 aliphatic carbocycles. The summed E-state index contributed by atoms with van der Waals surface area (Å²) >= 11 is 0. The predicted molar refractivity (Wildman–Crippen MR) is 57.9 cm³/mol. The van der Waals surface area contributed by atoms with Crippen LogP contribution < -0.4 is 11.1 Å². The number of nitro groups is 1. The van der Waals surface area contributed by atoms with Gasteiger partial charge in [-0.2, -0.15) is 5.26 Å². The molecule has 0 radical (unpaired) electrons. The molecule has 0 aliphatic heterocycles. The van der Waals surface area contributed by atoms with Gasteiger partial charge in [0.15, 0.2) is 0 Å². The Bertz CT molecular complexity index is 508. The molecule has 0 saturated carbocycles. The molecule has 88 valence electrons. The van der Waals surface area contributed by atoms with E-state index in [0.29, 0.717) is 0 Å². The van der Waals surface area contributed by atoms with Crippen LogP contribution in [-0.2, 0) is 4.79 Å². The molecule has 17 heavy (non-hydrogen) atoms. The van der Waals surface area contributed by atoms with Gasteiger partial charge >= 0.3 is 5.69 Å². The van der Waals surface area contributed by atoms with Gasteiger partial charge in [0, 0.05) is 6.20 Å². The lowest BCUT2D eigenvalue weighted by Crippen LogP contribution is -2.33. The molecule has 8 heteroatoms. The molecule has 3 N–H and O–H groups in total. The minimum atomic E-state index is -0.824. The number of rotatable bonds is 4. The van der Waals surface area contributed by atoms with Crippen LogP contribution in [-0.4, -0.2) is 21.9 Å². The lowest BCUT2D eigenvalue weighted by atomic mass is 10.2. The highest BCUT2D eigenvalue weighted by Gasteiger charge is 2.23. The quantitative estimate of drug-likeness (QED) is 0.563. The van der Waals surface area contributed by atoms with Gasteiger partial charge in [0.1, 0.15) is 17.7 Å². The monoisotopic (exact) mass is 235 g/mol. The molecule has 1 aromatic rings. The molecule has 1 unspecified atom stereocenters. The number of carbonyl (C=O) groups is 1. The lowest BCUT2D eigenvalue weighted by molar-refractivity contribution is -0.384. The van der Waals surface area contributed by atoms with E-state index in [4.69, 9.17) is 11.0 Å². The second-order valence-corrected chi connectivity index (χ2v) is 3.19. The van der Waals surface area contributed by atoms with Gasteiger partial charge in [0.2, 0.25) is 11.7 Å². The molecule has 1 aromatic heterocycles. The molecule has 0 bridgehead atoms. The normalized spacial score (nSPS) is 11.3. The van der Waals surface area contributed by atoms with Crippen molar-refractivity contribution in [2.75, 3.05) is 5.32 Å². The van der Waals surface area contributed by atoms with Crippen molar-refractivity contribution in [1.82, 2.24) is 4.98 Å². The van der Waals surface area contributed by atoms with Gasteiger partial charge in [0.25, 0.3) is 0 Å². The van der Waals surface area contributed by atoms with Crippen LogP contribution in [0.15, 0.2) is 12.3 Å². The van der Waals surface area contributed by atoms with Crippen molar-refractivity contribution >= 4 is 17.4 Å². The van der Waals surface area contributed by atoms with Gasteiger partial charge in [0.05, 0.1) is 4.92 Å². The standard InChI is InChI=1S/C9H9N5O3/c1-5(8(11)15)13-9-7(14(16)17)6(4-10)2-3-12-9/h2-3,5H,1H3,(H2,11,15)(H,12,13). The first-order valence-electron chi connectivity index (χ1n) is 4.56. The van der Waals surface area contributed by atoms with Gasteiger partial charge in [-0.05, 0) is 13.0 Å². The van der Waals surface area contributed by atoms with Crippen LogP contribution in [0.2, 0.25) is 0 Å². The molecular formula is C9H9N5O3. The highest BCUT2D eigenvalue weighted by Crippen LogP contribution is 2.25. The number of carbonyl (C=O) groups excluding carboxylic acids is 1. The van der Waals surface area contributed by atoms with Crippen molar-refractivity contribution in [2.24, 2.45) is 5.73 Å². The summed E-state index contributed by atoms with van der Waals surface area (Å²) in [6.45, 7) is 1.44. The molecular weight excluding hydrogens is 226 g/mol. The number of nitrogens with two attached hydrogens (primary N) is 1. The zero-order valence-corrected chi connectivity index (χ0v) is 8.88. The Balaban J connectivity index is 3.20. The van der Waals surface area contributed by atoms with E-state index in [-0.39, 0.29) is 11.4 Å². The van der Waals surface area contributed by atoms with Crippen molar-refractivity contribution < 1.29 is 9.72 Å². The second kappa shape index (κ2) is 4.89. The van der Waals surface area contributed by atoms with Crippen LogP contribution in [0.5, 0.6) is 0 Å². The summed E-state index contributed by atoms with van der Waals surface area (Å²) < 4.78 is 0. The Kier molecular flexibility index (Phi) is 3.56. The summed E-state index contributed by atoms with van der Waals surface area (Å²) in [5.74, 6) is -0.830. The number of hydrogen-bond acceptors (Lipinski definition) is 6. The van der Waals surface area contributed by atoms with Crippen LogP contribution in [0.4, 0.5) is 11.5 Å². The molecule has 0 aromatic carbocycles. The second-order valence-electron chi connectivity index (χ2n) is 3.19. The fraction of sp³-hybridized carbons (Fsp3) is 0.222. The average molecular weight is 235 g/mol. The molecule has 1 amide bonds. The van der Waals surface area contributed by atoms with Crippen molar-refractivity contribution in [1.29, 1.82) is 5.26 Å². The molecule has 8 nitrogen and oxygen atoms in total.